The van der Waals surface area contributed by atoms with Gasteiger partial charge in [-0.1, -0.05) is 0 Å². The predicted molar refractivity (Wildman–Crippen MR) is 96.9 cm³/mol. The highest BCUT2D eigenvalue weighted by atomic mass is 32.2. The molecule has 0 unspecified atom stereocenters. The molecule has 0 spiro atoms. The van der Waals surface area contributed by atoms with Gasteiger partial charge in [-0.3, -0.25) is 30.6 Å². The van der Waals surface area contributed by atoms with Gasteiger partial charge in [0.25, 0.3) is 11.6 Å². The zero-order chi connectivity index (χ0) is 19.2. The van der Waals surface area contributed by atoms with E-state index in [1.165, 1.54) is 23.9 Å². The number of hydrazine groups is 1. The molecule has 10 heteroatoms. The van der Waals surface area contributed by atoms with Crippen LogP contribution < -0.4 is 20.3 Å². The number of carbonyl (C=O) groups excluding carboxylic acids is 2. The van der Waals surface area contributed by atoms with Crippen LogP contribution in [0, 0.1) is 10.1 Å². The van der Waals surface area contributed by atoms with Crippen molar-refractivity contribution in [2.75, 3.05) is 19.0 Å². The van der Waals surface area contributed by atoms with Crippen molar-refractivity contribution in [1.29, 1.82) is 0 Å². The fraction of sp³-hybridized carbons (Fsp3) is 0.176. The molecule has 9 nitrogen and oxygen atoms in total. The first-order chi connectivity index (χ1) is 13.0. The maximum Gasteiger partial charge on any atom is 0.269 e. The number of amides is 2. The summed E-state index contributed by atoms with van der Waals surface area (Å²) in [5, 5.41) is 10.6. The van der Waals surface area contributed by atoms with Gasteiger partial charge < -0.3 is 9.47 Å². The summed E-state index contributed by atoms with van der Waals surface area (Å²) in [6, 6.07) is 10.6. The summed E-state index contributed by atoms with van der Waals surface area (Å²) in [7, 11) is 0. The number of ether oxygens (including phenoxy) is 2. The zero-order valence-corrected chi connectivity index (χ0v) is 14.8. The summed E-state index contributed by atoms with van der Waals surface area (Å²) in [6.45, 7) is 0.871. The van der Waals surface area contributed by atoms with Crippen molar-refractivity contribution < 1.29 is 24.0 Å². The number of nitrogens with zero attached hydrogens (tertiary/aromatic N) is 1. The first-order valence-electron chi connectivity index (χ1n) is 7.89. The Morgan fingerprint density at radius 3 is 2.44 bits per heavy atom. The van der Waals surface area contributed by atoms with Crippen molar-refractivity contribution >= 4 is 29.3 Å². The van der Waals surface area contributed by atoms with Crippen molar-refractivity contribution in [3.8, 4) is 11.5 Å². The van der Waals surface area contributed by atoms with Crippen molar-refractivity contribution in [2.24, 2.45) is 0 Å². The highest BCUT2D eigenvalue weighted by molar-refractivity contribution is 8.00. The zero-order valence-electron chi connectivity index (χ0n) is 14.0. The topological polar surface area (TPSA) is 120 Å². The third-order valence-corrected chi connectivity index (χ3v) is 4.55. The van der Waals surface area contributed by atoms with Crippen LogP contribution in [0.5, 0.6) is 11.5 Å². The van der Waals surface area contributed by atoms with Gasteiger partial charge in [-0.2, -0.15) is 0 Å². The summed E-state index contributed by atoms with van der Waals surface area (Å²) in [4.78, 5) is 34.8. The molecule has 0 radical (unpaired) electrons. The Bertz CT molecular complexity index is 871. The van der Waals surface area contributed by atoms with Crippen LogP contribution in [0.4, 0.5) is 5.69 Å². The largest absolute Gasteiger partial charge is 0.486 e. The number of carbonyl (C=O) groups is 2. The van der Waals surface area contributed by atoms with E-state index in [9.17, 15) is 19.7 Å². The molecule has 0 aromatic heterocycles. The fourth-order valence-electron chi connectivity index (χ4n) is 2.23. The van der Waals surface area contributed by atoms with Gasteiger partial charge in [0.15, 0.2) is 11.5 Å². The molecule has 0 aliphatic carbocycles. The third-order valence-electron chi connectivity index (χ3n) is 3.54. The summed E-state index contributed by atoms with van der Waals surface area (Å²) >= 11 is 1.19. The summed E-state index contributed by atoms with van der Waals surface area (Å²) < 4.78 is 10.8. The van der Waals surface area contributed by atoms with E-state index in [0.717, 1.165) is 0 Å². The van der Waals surface area contributed by atoms with Gasteiger partial charge in [-0.15, -0.1) is 11.8 Å². The number of hydrogen-bond donors (Lipinski definition) is 2. The minimum absolute atomic E-state index is 0.0181. The predicted octanol–water partition coefficient (Wildman–Crippen LogP) is 1.92. The first kappa shape index (κ1) is 18.5. The molecule has 27 heavy (non-hydrogen) atoms. The smallest absolute Gasteiger partial charge is 0.269 e. The molecule has 1 heterocycles. The van der Waals surface area contributed by atoms with Crippen LogP contribution in [0.3, 0.4) is 0 Å². The molecule has 0 saturated carbocycles. The van der Waals surface area contributed by atoms with Crippen LogP contribution in [0.25, 0.3) is 0 Å². The van der Waals surface area contributed by atoms with E-state index in [0.29, 0.717) is 35.2 Å². The van der Waals surface area contributed by atoms with E-state index in [-0.39, 0.29) is 11.4 Å². The maximum absolute atomic E-state index is 12.1. The van der Waals surface area contributed by atoms with E-state index >= 15 is 0 Å². The summed E-state index contributed by atoms with van der Waals surface area (Å²) in [5.41, 5.74) is 4.95. The lowest BCUT2D eigenvalue weighted by Gasteiger charge is -2.18. The number of nitro benzene ring substituents is 1. The van der Waals surface area contributed by atoms with E-state index in [1.807, 2.05) is 0 Å². The van der Waals surface area contributed by atoms with Crippen LogP contribution in [-0.2, 0) is 4.79 Å². The average Bonchev–Trinajstić information content (AvgIpc) is 2.70. The number of fused-ring (bicyclic) bond motifs is 1. The van der Waals surface area contributed by atoms with Gasteiger partial charge in [0.2, 0.25) is 5.91 Å². The molecule has 0 saturated heterocycles. The molecule has 0 fully saturated rings. The van der Waals surface area contributed by atoms with Crippen molar-refractivity contribution in [1.82, 2.24) is 10.9 Å². The Labute approximate surface area is 158 Å². The number of rotatable bonds is 5. The van der Waals surface area contributed by atoms with Crippen molar-refractivity contribution in [3.05, 3.63) is 58.1 Å². The van der Waals surface area contributed by atoms with Gasteiger partial charge >= 0.3 is 0 Å². The third kappa shape index (κ3) is 4.88. The normalized spacial score (nSPS) is 12.1. The highest BCUT2D eigenvalue weighted by Gasteiger charge is 2.15. The molecule has 140 valence electrons. The fourth-order valence-corrected chi connectivity index (χ4v) is 2.93. The molecule has 2 aromatic rings. The van der Waals surface area contributed by atoms with Gasteiger partial charge in [0, 0.05) is 22.6 Å². The highest BCUT2D eigenvalue weighted by Crippen LogP contribution is 2.30. The summed E-state index contributed by atoms with van der Waals surface area (Å²) in [5.74, 6) is 0.194. The standard InChI is InChI=1S/C17H15N3O6S/c21-16(10-27-13-4-2-12(3-5-13)20(23)24)18-19-17(22)11-1-6-14-15(9-11)26-8-7-25-14/h1-6,9H,7-8,10H2,(H,18,21)(H,19,22). The lowest BCUT2D eigenvalue weighted by Crippen LogP contribution is -2.42. The average molecular weight is 389 g/mol. The minimum Gasteiger partial charge on any atom is -0.486 e. The minimum atomic E-state index is -0.492. The van der Waals surface area contributed by atoms with E-state index in [2.05, 4.69) is 10.9 Å². The van der Waals surface area contributed by atoms with E-state index < -0.39 is 16.7 Å². The summed E-state index contributed by atoms with van der Waals surface area (Å²) in [6.07, 6.45) is 0. The number of nitrogens with one attached hydrogen (secondary N) is 2. The number of benzene rings is 2. The molecule has 1 aliphatic heterocycles. The van der Waals surface area contributed by atoms with E-state index in [1.54, 1.807) is 30.3 Å². The number of non-ortho nitro benzene ring substituents is 1. The second kappa shape index (κ2) is 8.41. The van der Waals surface area contributed by atoms with Crippen molar-refractivity contribution in [2.45, 2.75) is 4.90 Å². The Morgan fingerprint density at radius 1 is 1.04 bits per heavy atom. The molecular weight excluding hydrogens is 374 g/mol. The number of thioether (sulfide) groups is 1. The number of hydrogen-bond acceptors (Lipinski definition) is 7. The van der Waals surface area contributed by atoms with Crippen LogP contribution in [-0.4, -0.2) is 35.7 Å². The molecule has 2 amide bonds. The molecule has 2 aromatic carbocycles. The second-order valence-corrected chi connectivity index (χ2v) is 6.45. The Kier molecular flexibility index (Phi) is 5.77. The SMILES string of the molecule is O=C(CSc1ccc([N+](=O)[O-])cc1)NNC(=O)c1ccc2c(c1)OCCO2. The van der Waals surface area contributed by atoms with Gasteiger partial charge in [0.05, 0.1) is 10.7 Å². The van der Waals surface area contributed by atoms with Gasteiger partial charge in [-0.05, 0) is 30.3 Å². The van der Waals surface area contributed by atoms with Gasteiger partial charge in [-0.25, -0.2) is 0 Å². The molecule has 3 rings (SSSR count). The molecule has 2 N–H and O–H groups in total. The van der Waals surface area contributed by atoms with Crippen LogP contribution in [0.2, 0.25) is 0 Å². The molecule has 0 bridgehead atoms. The first-order valence-corrected chi connectivity index (χ1v) is 8.87. The lowest BCUT2D eigenvalue weighted by molar-refractivity contribution is -0.384. The number of nitro groups is 1. The van der Waals surface area contributed by atoms with Gasteiger partial charge in [0.1, 0.15) is 13.2 Å². The Morgan fingerprint density at radius 2 is 1.74 bits per heavy atom. The van der Waals surface area contributed by atoms with Crippen LogP contribution in [0.1, 0.15) is 10.4 Å². The molecule has 1 aliphatic rings. The van der Waals surface area contributed by atoms with Crippen LogP contribution >= 0.6 is 11.8 Å². The Hall–Kier alpha value is -3.27. The molecule has 0 atom stereocenters. The van der Waals surface area contributed by atoms with Crippen molar-refractivity contribution in [3.63, 3.8) is 0 Å². The molecular formula is C17H15N3O6S. The second-order valence-electron chi connectivity index (χ2n) is 5.40. The monoisotopic (exact) mass is 389 g/mol. The van der Waals surface area contributed by atoms with Crippen LogP contribution in [0.15, 0.2) is 47.4 Å². The quantitative estimate of drug-likeness (QED) is 0.455. The lowest BCUT2D eigenvalue weighted by atomic mass is 10.2. The maximum atomic E-state index is 12.1. The Balaban J connectivity index is 1.47. The van der Waals surface area contributed by atoms with E-state index in [4.69, 9.17) is 9.47 Å².